The SMILES string of the molecule is CN(C)CCOc1ccnc(NC(=O)N2c3nc(C(=O)NCC(F)(F)F)ccc3N3CC[C@H]2C3)c1. The van der Waals surface area contributed by atoms with E-state index in [4.69, 9.17) is 4.74 Å². The standard InChI is InChI=1S/C22H26F3N7O3/c1-30(2)9-10-35-15-5-7-26-18(11-15)29-21(34)32-14-6-8-31(12-14)17-4-3-16(28-19(17)32)20(33)27-13-22(23,24)25/h3-5,7,11,14H,6,8-10,12-13H2,1-2H3,(H,27,33)(H,26,29,34)/t14-/m0/s1. The molecule has 13 heteroatoms. The number of carbonyl (C=O) groups is 2. The van der Waals surface area contributed by atoms with Gasteiger partial charge < -0.3 is 19.9 Å². The van der Waals surface area contributed by atoms with Crippen molar-refractivity contribution in [1.82, 2.24) is 20.2 Å². The molecule has 2 bridgehead atoms. The van der Waals surface area contributed by atoms with Crippen LogP contribution >= 0.6 is 0 Å². The van der Waals surface area contributed by atoms with Crippen molar-refractivity contribution in [1.29, 1.82) is 0 Å². The van der Waals surface area contributed by atoms with Gasteiger partial charge in [0, 0.05) is 31.9 Å². The van der Waals surface area contributed by atoms with Crippen LogP contribution in [0.2, 0.25) is 0 Å². The van der Waals surface area contributed by atoms with Gasteiger partial charge in [0.2, 0.25) is 0 Å². The average molecular weight is 493 g/mol. The molecular formula is C22H26F3N7O3. The van der Waals surface area contributed by atoms with Gasteiger partial charge in [-0.25, -0.2) is 14.8 Å². The highest BCUT2D eigenvalue weighted by atomic mass is 19.4. The van der Waals surface area contributed by atoms with E-state index in [1.807, 2.05) is 29.2 Å². The molecule has 2 aliphatic heterocycles. The van der Waals surface area contributed by atoms with Crippen molar-refractivity contribution >= 4 is 29.3 Å². The molecule has 188 valence electrons. The number of ether oxygens (including phenoxy) is 1. The number of alkyl halides is 3. The van der Waals surface area contributed by atoms with Crippen LogP contribution in [0.1, 0.15) is 16.9 Å². The molecule has 2 aliphatic rings. The molecule has 10 nitrogen and oxygen atoms in total. The zero-order valence-corrected chi connectivity index (χ0v) is 19.3. The van der Waals surface area contributed by atoms with E-state index in [0.717, 1.165) is 6.54 Å². The molecule has 0 spiro atoms. The minimum absolute atomic E-state index is 0.206. The fraction of sp³-hybridized carbons (Fsp3) is 0.455. The fourth-order valence-corrected chi connectivity index (χ4v) is 3.95. The number of halogens is 3. The fourth-order valence-electron chi connectivity index (χ4n) is 3.95. The van der Waals surface area contributed by atoms with Crippen molar-refractivity contribution in [3.63, 3.8) is 0 Å². The number of hydrogen-bond donors (Lipinski definition) is 2. The summed E-state index contributed by atoms with van der Waals surface area (Å²) >= 11 is 0. The van der Waals surface area contributed by atoms with Crippen molar-refractivity contribution in [3.8, 4) is 5.75 Å². The Bertz CT molecular complexity index is 1100. The van der Waals surface area contributed by atoms with Crippen molar-refractivity contribution in [3.05, 3.63) is 36.2 Å². The number of hydrogen-bond acceptors (Lipinski definition) is 7. The van der Waals surface area contributed by atoms with Crippen LogP contribution in [0.3, 0.4) is 0 Å². The molecule has 4 rings (SSSR count). The maximum atomic E-state index is 13.3. The summed E-state index contributed by atoms with van der Waals surface area (Å²) in [5.41, 5.74) is 0.428. The summed E-state index contributed by atoms with van der Waals surface area (Å²) in [6.45, 7) is 0.989. The van der Waals surface area contributed by atoms with Crippen LogP contribution in [0, 0.1) is 0 Å². The Labute approximate surface area is 200 Å². The summed E-state index contributed by atoms with van der Waals surface area (Å²) in [5, 5.41) is 4.56. The molecule has 1 fully saturated rings. The van der Waals surface area contributed by atoms with Gasteiger partial charge in [0.1, 0.15) is 30.4 Å². The zero-order chi connectivity index (χ0) is 25.2. The summed E-state index contributed by atoms with van der Waals surface area (Å²) in [6, 6.07) is 5.54. The molecule has 1 atom stereocenters. The number of urea groups is 1. The number of pyridine rings is 2. The van der Waals surface area contributed by atoms with E-state index in [1.54, 1.807) is 18.2 Å². The Morgan fingerprint density at radius 1 is 1.26 bits per heavy atom. The molecule has 0 saturated carbocycles. The maximum absolute atomic E-state index is 13.3. The molecule has 2 aromatic heterocycles. The van der Waals surface area contributed by atoms with E-state index in [0.29, 0.717) is 37.6 Å². The first-order valence-electron chi connectivity index (χ1n) is 11.1. The molecule has 0 aliphatic carbocycles. The second-order valence-electron chi connectivity index (χ2n) is 8.55. The number of fused-ring (bicyclic) bond motifs is 4. The Hall–Kier alpha value is -3.61. The van der Waals surface area contributed by atoms with E-state index in [1.165, 1.54) is 17.2 Å². The molecule has 3 amide bonds. The first-order chi connectivity index (χ1) is 16.6. The maximum Gasteiger partial charge on any atom is 0.405 e. The molecule has 2 aromatic rings. The third-order valence-electron chi connectivity index (χ3n) is 5.63. The lowest BCUT2D eigenvalue weighted by Gasteiger charge is -2.35. The average Bonchev–Trinajstić information content (AvgIpc) is 3.21. The smallest absolute Gasteiger partial charge is 0.405 e. The Balaban J connectivity index is 1.52. The van der Waals surface area contributed by atoms with Crippen LogP contribution in [0.4, 0.5) is 35.3 Å². The third-order valence-corrected chi connectivity index (χ3v) is 5.63. The van der Waals surface area contributed by atoms with E-state index in [2.05, 4.69) is 15.3 Å². The van der Waals surface area contributed by atoms with Gasteiger partial charge in [-0.2, -0.15) is 13.2 Å². The van der Waals surface area contributed by atoms with E-state index in [-0.39, 0.29) is 23.4 Å². The number of anilines is 3. The van der Waals surface area contributed by atoms with Crippen molar-refractivity contribution in [2.75, 3.05) is 62.0 Å². The van der Waals surface area contributed by atoms with E-state index >= 15 is 0 Å². The number of nitrogens with one attached hydrogen (secondary N) is 2. The van der Waals surface area contributed by atoms with Gasteiger partial charge in [-0.1, -0.05) is 0 Å². The summed E-state index contributed by atoms with van der Waals surface area (Å²) in [5.74, 6) is 0.0697. The van der Waals surface area contributed by atoms with Crippen LogP contribution in [0.5, 0.6) is 5.75 Å². The number of nitrogens with zero attached hydrogens (tertiary/aromatic N) is 5. The molecular weight excluding hydrogens is 467 g/mol. The highest BCUT2D eigenvalue weighted by Crippen LogP contribution is 2.39. The number of aromatic nitrogens is 2. The van der Waals surface area contributed by atoms with Crippen LogP contribution in [-0.4, -0.2) is 85.9 Å². The number of carbonyl (C=O) groups excluding carboxylic acids is 2. The van der Waals surface area contributed by atoms with Crippen LogP contribution in [-0.2, 0) is 0 Å². The topological polar surface area (TPSA) is 103 Å². The van der Waals surface area contributed by atoms with E-state index < -0.39 is 24.7 Å². The van der Waals surface area contributed by atoms with Crippen LogP contribution in [0.25, 0.3) is 0 Å². The molecule has 2 N–H and O–H groups in total. The van der Waals surface area contributed by atoms with E-state index in [9.17, 15) is 22.8 Å². The Morgan fingerprint density at radius 3 is 2.80 bits per heavy atom. The van der Waals surface area contributed by atoms with Crippen molar-refractivity contribution in [2.24, 2.45) is 0 Å². The summed E-state index contributed by atoms with van der Waals surface area (Å²) in [4.78, 5) is 39.4. The molecule has 35 heavy (non-hydrogen) atoms. The lowest BCUT2D eigenvalue weighted by Crippen LogP contribution is -2.48. The normalized spacial score (nSPS) is 16.8. The number of amides is 3. The van der Waals surface area contributed by atoms with Gasteiger partial charge in [-0.05, 0) is 38.7 Å². The monoisotopic (exact) mass is 493 g/mol. The summed E-state index contributed by atoms with van der Waals surface area (Å²) in [6.07, 6.45) is -2.35. The van der Waals surface area contributed by atoms with Crippen molar-refractivity contribution in [2.45, 2.75) is 18.6 Å². The summed E-state index contributed by atoms with van der Waals surface area (Å²) in [7, 11) is 3.86. The Kier molecular flexibility index (Phi) is 6.96. The number of likely N-dealkylation sites (N-methyl/N-ethyl adjacent to an activating group) is 1. The minimum atomic E-state index is -4.54. The first-order valence-corrected chi connectivity index (χ1v) is 11.1. The molecule has 0 aromatic carbocycles. The molecule has 1 saturated heterocycles. The second-order valence-corrected chi connectivity index (χ2v) is 8.55. The van der Waals surface area contributed by atoms with Gasteiger partial charge >= 0.3 is 12.2 Å². The highest BCUT2D eigenvalue weighted by molar-refractivity contribution is 6.05. The Morgan fingerprint density at radius 2 is 2.06 bits per heavy atom. The van der Waals surface area contributed by atoms with Crippen LogP contribution in [0.15, 0.2) is 30.5 Å². The number of rotatable bonds is 7. The zero-order valence-electron chi connectivity index (χ0n) is 19.3. The van der Waals surface area contributed by atoms with Crippen LogP contribution < -0.4 is 25.2 Å². The first kappa shape index (κ1) is 24.5. The van der Waals surface area contributed by atoms with Gasteiger partial charge in [0.15, 0.2) is 5.82 Å². The van der Waals surface area contributed by atoms with Gasteiger partial charge in [0.05, 0.1) is 11.7 Å². The van der Waals surface area contributed by atoms with Gasteiger partial charge in [0.25, 0.3) is 5.91 Å². The lowest BCUT2D eigenvalue weighted by atomic mass is 10.1. The lowest BCUT2D eigenvalue weighted by molar-refractivity contribution is -0.123. The minimum Gasteiger partial charge on any atom is -0.492 e. The molecule has 4 heterocycles. The largest absolute Gasteiger partial charge is 0.492 e. The predicted molar refractivity (Wildman–Crippen MR) is 123 cm³/mol. The van der Waals surface area contributed by atoms with Gasteiger partial charge in [-0.15, -0.1) is 0 Å². The van der Waals surface area contributed by atoms with Gasteiger partial charge in [-0.3, -0.25) is 15.0 Å². The molecule has 0 radical (unpaired) electrons. The van der Waals surface area contributed by atoms with Crippen molar-refractivity contribution < 1.29 is 27.5 Å². The molecule has 0 unspecified atom stereocenters. The second kappa shape index (κ2) is 9.94. The quantitative estimate of drug-likeness (QED) is 0.610. The third kappa shape index (κ3) is 5.91. The highest BCUT2D eigenvalue weighted by Gasteiger charge is 2.40. The summed E-state index contributed by atoms with van der Waals surface area (Å²) < 4.78 is 43.2. The predicted octanol–water partition coefficient (Wildman–Crippen LogP) is 2.34.